The van der Waals surface area contributed by atoms with E-state index in [-0.39, 0.29) is 6.61 Å². The standard InChI is InChI=1S/C18H37O5P/c1-5-9-11-13-15-22-24(20,23-16-14-12-10-6-2)17(7-3)18(19)21-8-4/h17H,5-16H2,1-4H3. The van der Waals surface area contributed by atoms with Crippen LogP contribution in [0.3, 0.4) is 0 Å². The maximum absolute atomic E-state index is 13.2. The molecule has 0 aliphatic rings. The van der Waals surface area contributed by atoms with Crippen LogP contribution in [0.5, 0.6) is 0 Å². The van der Waals surface area contributed by atoms with Crippen molar-refractivity contribution < 1.29 is 23.1 Å². The average molecular weight is 364 g/mol. The van der Waals surface area contributed by atoms with Gasteiger partial charge in [0.25, 0.3) is 0 Å². The second-order valence-corrected chi connectivity index (χ2v) is 8.22. The van der Waals surface area contributed by atoms with Gasteiger partial charge in [0.2, 0.25) is 0 Å². The Balaban J connectivity index is 4.70. The minimum Gasteiger partial charge on any atom is -0.465 e. The number of esters is 1. The predicted molar refractivity (Wildman–Crippen MR) is 98.5 cm³/mol. The van der Waals surface area contributed by atoms with E-state index in [9.17, 15) is 9.36 Å². The van der Waals surface area contributed by atoms with Crippen LogP contribution in [-0.4, -0.2) is 31.4 Å². The van der Waals surface area contributed by atoms with Gasteiger partial charge in [-0.15, -0.1) is 0 Å². The molecule has 24 heavy (non-hydrogen) atoms. The first-order valence-electron chi connectivity index (χ1n) is 9.61. The Hall–Kier alpha value is -0.380. The van der Waals surface area contributed by atoms with E-state index in [1.54, 1.807) is 6.92 Å². The summed E-state index contributed by atoms with van der Waals surface area (Å²) in [4.78, 5) is 12.1. The Morgan fingerprint density at radius 3 is 1.71 bits per heavy atom. The number of hydrogen-bond donors (Lipinski definition) is 0. The summed E-state index contributed by atoms with van der Waals surface area (Å²) in [5.41, 5.74) is -0.824. The Morgan fingerprint density at radius 2 is 1.33 bits per heavy atom. The van der Waals surface area contributed by atoms with Crippen molar-refractivity contribution >= 4 is 13.6 Å². The highest BCUT2D eigenvalue weighted by Crippen LogP contribution is 2.55. The van der Waals surface area contributed by atoms with Gasteiger partial charge in [-0.2, -0.15) is 0 Å². The molecule has 0 spiro atoms. The summed E-state index contributed by atoms with van der Waals surface area (Å²) in [5, 5.41) is 0. The van der Waals surface area contributed by atoms with Gasteiger partial charge in [-0.05, 0) is 26.2 Å². The van der Waals surface area contributed by atoms with E-state index < -0.39 is 19.2 Å². The van der Waals surface area contributed by atoms with Crippen LogP contribution in [0, 0.1) is 0 Å². The van der Waals surface area contributed by atoms with Gasteiger partial charge in [0, 0.05) is 0 Å². The van der Waals surface area contributed by atoms with Gasteiger partial charge in [-0.25, -0.2) is 0 Å². The van der Waals surface area contributed by atoms with Crippen LogP contribution in [0.25, 0.3) is 0 Å². The van der Waals surface area contributed by atoms with E-state index in [0.717, 1.165) is 51.4 Å². The molecule has 0 N–H and O–H groups in total. The number of carbonyl (C=O) groups is 1. The molecular formula is C18H37O5P. The quantitative estimate of drug-likeness (QED) is 0.199. The molecule has 6 heteroatoms. The van der Waals surface area contributed by atoms with Gasteiger partial charge in [0.15, 0.2) is 5.66 Å². The maximum atomic E-state index is 13.2. The summed E-state index contributed by atoms with van der Waals surface area (Å²) in [6.07, 6.45) is 8.62. The zero-order valence-corrected chi connectivity index (χ0v) is 16.9. The molecule has 0 bridgehead atoms. The Morgan fingerprint density at radius 1 is 0.833 bits per heavy atom. The van der Waals surface area contributed by atoms with E-state index in [1.165, 1.54) is 0 Å². The van der Waals surface area contributed by atoms with Crippen LogP contribution in [0.15, 0.2) is 0 Å². The second-order valence-electron chi connectivity index (χ2n) is 6.00. The lowest BCUT2D eigenvalue weighted by Gasteiger charge is -2.25. The van der Waals surface area contributed by atoms with Crippen LogP contribution in [0.1, 0.15) is 85.5 Å². The zero-order chi connectivity index (χ0) is 18.3. The fraction of sp³-hybridized carbons (Fsp3) is 0.944. The van der Waals surface area contributed by atoms with Gasteiger partial charge >= 0.3 is 13.6 Å². The maximum Gasteiger partial charge on any atom is 0.344 e. The molecule has 0 fully saturated rings. The molecule has 0 heterocycles. The lowest BCUT2D eigenvalue weighted by molar-refractivity contribution is -0.143. The molecule has 0 aromatic heterocycles. The third-order valence-corrected chi connectivity index (χ3v) is 6.29. The summed E-state index contributed by atoms with van der Waals surface area (Å²) in [6.45, 7) is 8.83. The molecule has 0 aliphatic heterocycles. The molecule has 5 nitrogen and oxygen atoms in total. The predicted octanol–water partition coefficient (Wildman–Crippen LogP) is 5.72. The molecule has 0 aromatic rings. The Labute approximate surface area is 148 Å². The van der Waals surface area contributed by atoms with Crippen LogP contribution in [0.2, 0.25) is 0 Å². The topological polar surface area (TPSA) is 61.8 Å². The van der Waals surface area contributed by atoms with Crippen molar-refractivity contribution in [2.45, 2.75) is 91.1 Å². The van der Waals surface area contributed by atoms with Crippen molar-refractivity contribution in [2.75, 3.05) is 19.8 Å². The Bertz CT molecular complexity index is 341. The van der Waals surface area contributed by atoms with Crippen LogP contribution in [-0.2, 0) is 23.1 Å². The lowest BCUT2D eigenvalue weighted by atomic mass is 10.2. The first-order valence-corrected chi connectivity index (χ1v) is 11.2. The summed E-state index contributed by atoms with van der Waals surface area (Å²) >= 11 is 0. The van der Waals surface area contributed by atoms with Crippen LogP contribution < -0.4 is 0 Å². The summed E-state index contributed by atoms with van der Waals surface area (Å²) in [7, 11) is -3.49. The number of hydrogen-bond acceptors (Lipinski definition) is 5. The molecule has 0 amide bonds. The smallest absolute Gasteiger partial charge is 0.344 e. The molecule has 0 radical (unpaired) electrons. The van der Waals surface area contributed by atoms with Gasteiger partial charge in [0.05, 0.1) is 19.8 Å². The average Bonchev–Trinajstić information content (AvgIpc) is 2.55. The zero-order valence-electron chi connectivity index (χ0n) is 16.1. The van der Waals surface area contributed by atoms with E-state index in [1.807, 2.05) is 6.92 Å². The van der Waals surface area contributed by atoms with Crippen molar-refractivity contribution in [3.8, 4) is 0 Å². The number of rotatable bonds is 16. The largest absolute Gasteiger partial charge is 0.465 e. The first-order chi connectivity index (χ1) is 11.6. The van der Waals surface area contributed by atoms with E-state index in [2.05, 4.69) is 13.8 Å². The third-order valence-electron chi connectivity index (χ3n) is 3.87. The van der Waals surface area contributed by atoms with Crippen molar-refractivity contribution in [1.82, 2.24) is 0 Å². The minimum atomic E-state index is -3.49. The molecule has 0 saturated carbocycles. The molecule has 0 aromatic carbocycles. The summed E-state index contributed by atoms with van der Waals surface area (Å²) in [6, 6.07) is 0. The van der Waals surface area contributed by atoms with E-state index >= 15 is 0 Å². The lowest BCUT2D eigenvalue weighted by Crippen LogP contribution is -2.25. The first kappa shape index (κ1) is 23.6. The second kappa shape index (κ2) is 14.9. The molecular weight excluding hydrogens is 327 g/mol. The molecule has 144 valence electrons. The van der Waals surface area contributed by atoms with E-state index in [0.29, 0.717) is 19.6 Å². The molecule has 0 aliphatic carbocycles. The SMILES string of the molecule is CCCCCCOP(=O)(OCCCCCC)C(CC)C(=O)OCC. The van der Waals surface area contributed by atoms with Gasteiger partial charge in [-0.3, -0.25) is 9.36 Å². The van der Waals surface area contributed by atoms with Crippen molar-refractivity contribution in [3.05, 3.63) is 0 Å². The van der Waals surface area contributed by atoms with Gasteiger partial charge < -0.3 is 13.8 Å². The fourth-order valence-corrected chi connectivity index (χ4v) is 4.40. The highest BCUT2D eigenvalue weighted by atomic mass is 31.2. The van der Waals surface area contributed by atoms with Gasteiger partial charge in [0.1, 0.15) is 0 Å². The minimum absolute atomic E-state index is 0.266. The molecule has 1 atom stereocenters. The molecule has 0 rings (SSSR count). The monoisotopic (exact) mass is 364 g/mol. The van der Waals surface area contributed by atoms with Gasteiger partial charge in [-0.1, -0.05) is 59.3 Å². The fourth-order valence-electron chi connectivity index (χ4n) is 2.42. The van der Waals surface area contributed by atoms with Crippen molar-refractivity contribution in [2.24, 2.45) is 0 Å². The van der Waals surface area contributed by atoms with Crippen molar-refractivity contribution in [3.63, 3.8) is 0 Å². The highest BCUT2D eigenvalue weighted by molar-refractivity contribution is 7.55. The summed E-state index contributed by atoms with van der Waals surface area (Å²) < 4.78 is 29.5. The van der Waals surface area contributed by atoms with Crippen molar-refractivity contribution in [1.29, 1.82) is 0 Å². The van der Waals surface area contributed by atoms with Crippen LogP contribution in [0.4, 0.5) is 0 Å². The highest BCUT2D eigenvalue weighted by Gasteiger charge is 2.41. The third kappa shape index (κ3) is 9.80. The number of carbonyl (C=O) groups excluding carboxylic acids is 1. The number of ether oxygens (including phenoxy) is 1. The molecule has 0 saturated heterocycles. The number of unbranched alkanes of at least 4 members (excludes halogenated alkanes) is 6. The normalized spacial score (nSPS) is 13.0. The van der Waals surface area contributed by atoms with Crippen LogP contribution >= 0.6 is 7.60 Å². The Kier molecular flexibility index (Phi) is 14.7. The molecule has 1 unspecified atom stereocenters. The van der Waals surface area contributed by atoms with E-state index in [4.69, 9.17) is 13.8 Å². The summed E-state index contributed by atoms with van der Waals surface area (Å²) in [5.74, 6) is -0.481.